The lowest BCUT2D eigenvalue weighted by Gasteiger charge is -1.94. The van der Waals surface area contributed by atoms with E-state index in [1.165, 1.54) is 0 Å². The smallest absolute Gasteiger partial charge is 0.331 e. The average molecular weight is 236 g/mol. The Balaban J connectivity index is 0. The van der Waals surface area contributed by atoms with E-state index in [4.69, 9.17) is 20.4 Å². The lowest BCUT2D eigenvalue weighted by atomic mass is 10.2. The van der Waals surface area contributed by atoms with Crippen molar-refractivity contribution in [3.63, 3.8) is 0 Å². The van der Waals surface area contributed by atoms with E-state index in [9.17, 15) is 9.59 Å². The fourth-order valence-corrected chi connectivity index (χ4v) is 0.489. The Kier molecular flexibility index (Phi) is 12.3. The Morgan fingerprint density at radius 1 is 1.06 bits per heavy atom. The molecule has 0 atom stereocenters. The number of carboxylic acids is 2. The molecule has 0 unspecified atom stereocenters. The molecule has 0 aromatic rings. The summed E-state index contributed by atoms with van der Waals surface area (Å²) in [6, 6.07) is 0. The zero-order valence-corrected chi connectivity index (χ0v) is 8.76. The molecule has 0 saturated carbocycles. The normalized spacial score (nSPS) is 8.88. The van der Waals surface area contributed by atoms with Gasteiger partial charge in [0.05, 0.1) is 32.8 Å². The van der Waals surface area contributed by atoms with Crippen LogP contribution in [0.15, 0.2) is 12.2 Å². The first-order valence-corrected chi connectivity index (χ1v) is 4.38. The van der Waals surface area contributed by atoms with Gasteiger partial charge in [-0.1, -0.05) is 6.58 Å². The molecular weight excluding hydrogens is 220 g/mol. The Bertz CT molecular complexity index is 220. The molecule has 0 spiro atoms. The molecule has 0 fully saturated rings. The number of aliphatic carboxylic acids is 2. The summed E-state index contributed by atoms with van der Waals surface area (Å²) in [4.78, 5) is 19.7. The minimum Gasteiger partial charge on any atom is -0.481 e. The second-order valence-electron chi connectivity index (χ2n) is 2.54. The van der Waals surface area contributed by atoms with Crippen LogP contribution < -0.4 is 0 Å². The highest BCUT2D eigenvalue weighted by Gasteiger charge is 2.07. The van der Waals surface area contributed by atoms with Crippen molar-refractivity contribution in [2.75, 3.05) is 26.4 Å². The number of hydrogen-bond donors (Lipinski definition) is 4. The predicted molar refractivity (Wildman–Crippen MR) is 54.0 cm³/mol. The summed E-state index contributed by atoms with van der Waals surface area (Å²) < 4.78 is 4.63. The molecule has 4 N–H and O–H groups in total. The van der Waals surface area contributed by atoms with Gasteiger partial charge in [-0.2, -0.15) is 0 Å². The summed E-state index contributed by atoms with van der Waals surface area (Å²) in [5.41, 5.74) is -0.303. The van der Waals surface area contributed by atoms with Gasteiger partial charge in [-0.15, -0.1) is 0 Å². The Labute approximate surface area is 92.6 Å². The van der Waals surface area contributed by atoms with Gasteiger partial charge in [-0.05, 0) is 0 Å². The molecule has 0 aliphatic heterocycles. The number of carboxylic acid groups (broad SMARTS) is 2. The van der Waals surface area contributed by atoms with Crippen LogP contribution in [0.4, 0.5) is 0 Å². The third kappa shape index (κ3) is 15.1. The first-order chi connectivity index (χ1) is 7.45. The molecule has 94 valence electrons. The van der Waals surface area contributed by atoms with Gasteiger partial charge in [0.1, 0.15) is 0 Å². The summed E-state index contributed by atoms with van der Waals surface area (Å²) >= 11 is 0. The van der Waals surface area contributed by atoms with E-state index in [-0.39, 0.29) is 18.8 Å². The number of aliphatic hydroxyl groups is 2. The molecule has 16 heavy (non-hydrogen) atoms. The molecule has 0 radical (unpaired) electrons. The molecule has 0 rings (SSSR count). The second-order valence-corrected chi connectivity index (χ2v) is 2.54. The van der Waals surface area contributed by atoms with Gasteiger partial charge in [-0.25, -0.2) is 4.79 Å². The molecule has 0 bridgehead atoms. The van der Waals surface area contributed by atoms with Crippen LogP contribution >= 0.6 is 0 Å². The molecule has 7 nitrogen and oxygen atoms in total. The predicted octanol–water partition coefficient (Wildman–Crippen LogP) is -0.910. The van der Waals surface area contributed by atoms with E-state index in [2.05, 4.69) is 11.3 Å². The van der Waals surface area contributed by atoms with Crippen molar-refractivity contribution in [2.24, 2.45) is 0 Å². The Morgan fingerprint density at radius 2 is 1.50 bits per heavy atom. The third-order valence-electron chi connectivity index (χ3n) is 1.14. The van der Waals surface area contributed by atoms with Crippen LogP contribution in [0, 0.1) is 0 Å². The van der Waals surface area contributed by atoms with Crippen LogP contribution in [-0.4, -0.2) is 58.8 Å². The first-order valence-electron chi connectivity index (χ1n) is 4.38. The summed E-state index contributed by atoms with van der Waals surface area (Å²) in [6.07, 6.45) is -0.505. The van der Waals surface area contributed by atoms with Crippen molar-refractivity contribution >= 4 is 11.9 Å². The fourth-order valence-electron chi connectivity index (χ4n) is 0.489. The third-order valence-corrected chi connectivity index (χ3v) is 1.14. The van der Waals surface area contributed by atoms with Crippen molar-refractivity contribution < 1.29 is 34.8 Å². The van der Waals surface area contributed by atoms with Gasteiger partial charge >= 0.3 is 11.9 Å². The van der Waals surface area contributed by atoms with E-state index in [1.54, 1.807) is 0 Å². The number of aliphatic hydroxyl groups excluding tert-OH is 2. The van der Waals surface area contributed by atoms with Gasteiger partial charge in [-0.3, -0.25) is 4.79 Å². The maximum Gasteiger partial charge on any atom is 0.331 e. The van der Waals surface area contributed by atoms with E-state index >= 15 is 0 Å². The molecule has 0 aliphatic rings. The highest BCUT2D eigenvalue weighted by molar-refractivity contribution is 5.91. The maximum absolute atomic E-state index is 9.87. The van der Waals surface area contributed by atoms with E-state index in [0.29, 0.717) is 13.2 Å². The molecule has 0 aromatic carbocycles. The number of rotatable bonds is 7. The standard InChI is InChI=1S/C5H6O4.C4H10O3/c1-3(5(8)9)2-4(6)7;5-1-3-7-4-2-6/h1-2H2,(H,6,7)(H,8,9);5-6H,1-4H2. The quantitative estimate of drug-likeness (QED) is 0.333. The van der Waals surface area contributed by atoms with Gasteiger partial charge in [0.2, 0.25) is 0 Å². The van der Waals surface area contributed by atoms with Gasteiger partial charge in [0, 0.05) is 5.57 Å². The van der Waals surface area contributed by atoms with Gasteiger partial charge < -0.3 is 25.2 Å². The van der Waals surface area contributed by atoms with E-state index < -0.39 is 18.4 Å². The molecular formula is C9H16O7. The summed E-state index contributed by atoms with van der Waals surface area (Å²) in [5.74, 6) is -2.44. The van der Waals surface area contributed by atoms with Crippen LogP contribution in [0.1, 0.15) is 6.42 Å². The fraction of sp³-hybridized carbons (Fsp3) is 0.556. The Morgan fingerprint density at radius 3 is 1.69 bits per heavy atom. The van der Waals surface area contributed by atoms with Crippen molar-refractivity contribution in [3.05, 3.63) is 12.2 Å². The molecule has 0 aromatic heterocycles. The number of ether oxygens (including phenoxy) is 1. The molecule has 7 heteroatoms. The lowest BCUT2D eigenvalue weighted by Crippen LogP contribution is -2.04. The van der Waals surface area contributed by atoms with Crippen molar-refractivity contribution in [3.8, 4) is 0 Å². The van der Waals surface area contributed by atoms with Crippen LogP contribution in [0.5, 0.6) is 0 Å². The average Bonchev–Trinajstić information content (AvgIpc) is 2.18. The molecule has 0 saturated heterocycles. The minimum atomic E-state index is -1.27. The van der Waals surface area contributed by atoms with Crippen LogP contribution in [-0.2, 0) is 14.3 Å². The summed E-state index contributed by atoms with van der Waals surface area (Å²) in [7, 11) is 0. The summed E-state index contributed by atoms with van der Waals surface area (Å²) in [5, 5.41) is 32.2. The van der Waals surface area contributed by atoms with Crippen LogP contribution in [0.3, 0.4) is 0 Å². The van der Waals surface area contributed by atoms with E-state index in [1.807, 2.05) is 0 Å². The van der Waals surface area contributed by atoms with Crippen molar-refractivity contribution in [1.82, 2.24) is 0 Å². The van der Waals surface area contributed by atoms with Crippen LogP contribution in [0.2, 0.25) is 0 Å². The topological polar surface area (TPSA) is 124 Å². The van der Waals surface area contributed by atoms with Gasteiger partial charge in [0.15, 0.2) is 0 Å². The van der Waals surface area contributed by atoms with Crippen molar-refractivity contribution in [2.45, 2.75) is 6.42 Å². The van der Waals surface area contributed by atoms with Gasteiger partial charge in [0.25, 0.3) is 0 Å². The molecule has 0 aliphatic carbocycles. The SMILES string of the molecule is C=C(CC(=O)O)C(=O)O.OCCOCCO. The zero-order chi connectivity index (χ0) is 13.0. The number of hydrogen-bond acceptors (Lipinski definition) is 5. The zero-order valence-electron chi connectivity index (χ0n) is 8.76. The second kappa shape index (κ2) is 11.6. The first kappa shape index (κ1) is 17.0. The largest absolute Gasteiger partial charge is 0.481 e. The highest BCUT2D eigenvalue weighted by atomic mass is 16.5. The monoisotopic (exact) mass is 236 g/mol. The number of carbonyl (C=O) groups is 2. The molecule has 0 amide bonds. The highest BCUT2D eigenvalue weighted by Crippen LogP contribution is 1.95. The van der Waals surface area contributed by atoms with Crippen LogP contribution in [0.25, 0.3) is 0 Å². The maximum atomic E-state index is 9.87. The summed E-state index contributed by atoms with van der Waals surface area (Å²) in [6.45, 7) is 3.71. The minimum absolute atomic E-state index is 0.0278. The lowest BCUT2D eigenvalue weighted by molar-refractivity contribution is -0.139. The van der Waals surface area contributed by atoms with E-state index in [0.717, 1.165) is 0 Å². The molecule has 0 heterocycles. The Hall–Kier alpha value is -1.44. The van der Waals surface area contributed by atoms with Crippen molar-refractivity contribution in [1.29, 1.82) is 0 Å².